The molecule has 2 aromatic carbocycles. The summed E-state index contributed by atoms with van der Waals surface area (Å²) in [7, 11) is -3.79. The fraction of sp³-hybridized carbons (Fsp3) is 0.333. The smallest absolute Gasteiger partial charge is 0.269 e. The highest BCUT2D eigenvalue weighted by Crippen LogP contribution is 2.26. The molecular weight excluding hydrogens is 390 g/mol. The molecule has 1 fully saturated rings. The van der Waals surface area contributed by atoms with Crippen molar-refractivity contribution in [2.45, 2.75) is 44.6 Å². The minimum Gasteiger partial charge on any atom is -0.271 e. The predicted molar refractivity (Wildman–Crippen MR) is 110 cm³/mol. The molecule has 0 unspecified atom stereocenters. The molecule has 0 saturated carbocycles. The quantitative estimate of drug-likeness (QED) is 0.749. The van der Waals surface area contributed by atoms with Crippen LogP contribution in [0.3, 0.4) is 0 Å². The zero-order chi connectivity index (χ0) is 21.2. The number of nitrogens with one attached hydrogen (secondary N) is 2. The molecule has 0 aliphatic carbocycles. The first kappa shape index (κ1) is 21.0. The lowest BCUT2D eigenvalue weighted by Gasteiger charge is -2.23. The van der Waals surface area contributed by atoms with Gasteiger partial charge >= 0.3 is 0 Å². The van der Waals surface area contributed by atoms with Gasteiger partial charge < -0.3 is 0 Å². The molecular formula is C21H25N3O4S. The Morgan fingerprint density at radius 2 is 1.62 bits per heavy atom. The number of hydrogen-bond donors (Lipinski definition) is 2. The first-order valence-corrected chi connectivity index (χ1v) is 10.9. The molecule has 2 N–H and O–H groups in total. The van der Waals surface area contributed by atoms with Gasteiger partial charge in [0.25, 0.3) is 11.8 Å². The normalized spacial score (nSPS) is 17.1. The van der Waals surface area contributed by atoms with E-state index in [4.69, 9.17) is 0 Å². The predicted octanol–water partition coefficient (Wildman–Crippen LogP) is 2.23. The van der Waals surface area contributed by atoms with Crippen molar-refractivity contribution in [2.24, 2.45) is 0 Å². The number of amides is 2. The molecule has 7 nitrogen and oxygen atoms in total. The van der Waals surface area contributed by atoms with E-state index < -0.39 is 27.9 Å². The third-order valence-electron chi connectivity index (χ3n) is 5.06. The molecule has 1 saturated heterocycles. The van der Waals surface area contributed by atoms with Crippen LogP contribution in [0.1, 0.15) is 39.9 Å². The van der Waals surface area contributed by atoms with Gasteiger partial charge in [-0.05, 0) is 57.4 Å². The fourth-order valence-corrected chi connectivity index (χ4v) is 5.13. The largest absolute Gasteiger partial charge is 0.271 e. The molecule has 1 aliphatic rings. The van der Waals surface area contributed by atoms with Crippen molar-refractivity contribution in [1.82, 2.24) is 15.2 Å². The molecule has 1 heterocycles. The van der Waals surface area contributed by atoms with Crippen LogP contribution < -0.4 is 10.9 Å². The summed E-state index contributed by atoms with van der Waals surface area (Å²) in [6, 6.07) is 11.1. The van der Waals surface area contributed by atoms with E-state index in [0.29, 0.717) is 18.4 Å². The summed E-state index contributed by atoms with van der Waals surface area (Å²) in [5, 5.41) is 0. The SMILES string of the molecule is Cc1ccc(S(=O)(=O)N2CCC[C@H]2C(=O)NNC(=O)c2ccc(C)cc2C)cc1. The lowest BCUT2D eigenvalue weighted by molar-refractivity contribution is -0.125. The molecule has 3 rings (SSSR count). The van der Waals surface area contributed by atoms with Crippen LogP contribution in [0.5, 0.6) is 0 Å². The van der Waals surface area contributed by atoms with E-state index in [1.807, 2.05) is 32.9 Å². The van der Waals surface area contributed by atoms with Crippen molar-refractivity contribution in [3.8, 4) is 0 Å². The number of nitrogens with zero attached hydrogens (tertiary/aromatic N) is 1. The molecule has 1 atom stereocenters. The number of benzene rings is 2. The molecule has 2 aromatic rings. The average Bonchev–Trinajstić information content (AvgIpc) is 3.17. The maximum atomic E-state index is 13.0. The van der Waals surface area contributed by atoms with Gasteiger partial charge in [-0.25, -0.2) is 8.42 Å². The van der Waals surface area contributed by atoms with Gasteiger partial charge in [-0.2, -0.15) is 4.31 Å². The molecule has 29 heavy (non-hydrogen) atoms. The maximum absolute atomic E-state index is 13.0. The van der Waals surface area contributed by atoms with E-state index in [1.54, 1.807) is 30.3 Å². The van der Waals surface area contributed by atoms with Gasteiger partial charge in [-0.1, -0.05) is 35.4 Å². The Balaban J connectivity index is 1.70. The van der Waals surface area contributed by atoms with Gasteiger partial charge in [0.2, 0.25) is 10.0 Å². The Morgan fingerprint density at radius 1 is 0.966 bits per heavy atom. The van der Waals surface area contributed by atoms with Crippen molar-refractivity contribution in [3.05, 3.63) is 64.7 Å². The second-order valence-corrected chi connectivity index (χ2v) is 9.24. The number of hydrogen-bond acceptors (Lipinski definition) is 4. The third kappa shape index (κ3) is 4.49. The van der Waals surface area contributed by atoms with Crippen LogP contribution in [0.4, 0.5) is 0 Å². The number of aryl methyl sites for hydroxylation is 3. The number of sulfonamides is 1. The molecule has 0 aromatic heterocycles. The summed E-state index contributed by atoms with van der Waals surface area (Å²) < 4.78 is 27.1. The Morgan fingerprint density at radius 3 is 2.28 bits per heavy atom. The molecule has 154 valence electrons. The van der Waals surface area contributed by atoms with E-state index in [9.17, 15) is 18.0 Å². The molecule has 1 aliphatic heterocycles. The number of carbonyl (C=O) groups excluding carboxylic acids is 2. The van der Waals surface area contributed by atoms with Crippen molar-refractivity contribution in [3.63, 3.8) is 0 Å². The highest BCUT2D eigenvalue weighted by atomic mass is 32.2. The molecule has 0 spiro atoms. The lowest BCUT2D eigenvalue weighted by atomic mass is 10.1. The summed E-state index contributed by atoms with van der Waals surface area (Å²) in [6.07, 6.45) is 0.977. The highest BCUT2D eigenvalue weighted by Gasteiger charge is 2.39. The monoisotopic (exact) mass is 415 g/mol. The standard InChI is InChI=1S/C21H25N3O4S/c1-14-6-9-17(10-7-14)29(27,28)24-12-4-5-19(24)21(26)23-22-20(25)18-11-8-15(2)13-16(18)3/h6-11,13,19H,4-5,12H2,1-3H3,(H,22,25)(H,23,26)/t19-/m0/s1. The summed E-state index contributed by atoms with van der Waals surface area (Å²) in [5.41, 5.74) is 8.01. The van der Waals surface area contributed by atoms with E-state index in [2.05, 4.69) is 10.9 Å². The highest BCUT2D eigenvalue weighted by molar-refractivity contribution is 7.89. The zero-order valence-corrected chi connectivity index (χ0v) is 17.5. The summed E-state index contributed by atoms with van der Waals surface area (Å²) in [5.74, 6) is -0.988. The average molecular weight is 416 g/mol. The van der Waals surface area contributed by atoms with E-state index in [-0.39, 0.29) is 11.4 Å². The second kappa shape index (κ2) is 8.34. The van der Waals surface area contributed by atoms with Gasteiger partial charge in [0.15, 0.2) is 0 Å². The summed E-state index contributed by atoms with van der Waals surface area (Å²) >= 11 is 0. The van der Waals surface area contributed by atoms with E-state index in [0.717, 1.165) is 16.7 Å². The minimum absolute atomic E-state index is 0.155. The molecule has 0 radical (unpaired) electrons. The minimum atomic E-state index is -3.79. The first-order valence-electron chi connectivity index (χ1n) is 9.46. The van der Waals surface area contributed by atoms with Gasteiger partial charge in [-0.15, -0.1) is 0 Å². The van der Waals surface area contributed by atoms with Gasteiger partial charge in [0.1, 0.15) is 6.04 Å². The molecule has 0 bridgehead atoms. The lowest BCUT2D eigenvalue weighted by Crippen LogP contribution is -2.51. The van der Waals surface area contributed by atoms with Crippen molar-refractivity contribution < 1.29 is 18.0 Å². The van der Waals surface area contributed by atoms with E-state index in [1.165, 1.54) is 4.31 Å². The third-order valence-corrected chi connectivity index (χ3v) is 6.98. The Kier molecular flexibility index (Phi) is 6.04. The van der Waals surface area contributed by atoms with Crippen LogP contribution in [0.2, 0.25) is 0 Å². The van der Waals surface area contributed by atoms with Crippen molar-refractivity contribution in [1.29, 1.82) is 0 Å². The second-order valence-electron chi connectivity index (χ2n) is 7.35. The Bertz CT molecular complexity index is 1030. The number of carbonyl (C=O) groups is 2. The number of hydrazine groups is 1. The first-order chi connectivity index (χ1) is 13.7. The zero-order valence-electron chi connectivity index (χ0n) is 16.7. The van der Waals surface area contributed by atoms with Crippen molar-refractivity contribution in [2.75, 3.05) is 6.54 Å². The Hall–Kier alpha value is -2.71. The van der Waals surface area contributed by atoms with Gasteiger partial charge in [0.05, 0.1) is 4.90 Å². The molecule has 2 amide bonds. The molecule has 8 heteroatoms. The van der Waals surface area contributed by atoms with Crippen LogP contribution >= 0.6 is 0 Å². The topological polar surface area (TPSA) is 95.6 Å². The van der Waals surface area contributed by atoms with Gasteiger partial charge in [-0.3, -0.25) is 20.4 Å². The fourth-order valence-electron chi connectivity index (χ4n) is 3.47. The maximum Gasteiger partial charge on any atom is 0.269 e. The van der Waals surface area contributed by atoms with Crippen LogP contribution in [0.25, 0.3) is 0 Å². The van der Waals surface area contributed by atoms with Crippen LogP contribution in [-0.2, 0) is 14.8 Å². The number of rotatable bonds is 4. The van der Waals surface area contributed by atoms with E-state index >= 15 is 0 Å². The Labute approximate surface area is 171 Å². The summed E-state index contributed by atoms with van der Waals surface area (Å²) in [6.45, 7) is 5.89. The van der Waals surface area contributed by atoms with Crippen LogP contribution in [-0.4, -0.2) is 37.1 Å². The van der Waals surface area contributed by atoms with Crippen LogP contribution in [0.15, 0.2) is 47.4 Å². The van der Waals surface area contributed by atoms with Gasteiger partial charge in [0, 0.05) is 12.1 Å². The van der Waals surface area contributed by atoms with Crippen LogP contribution in [0, 0.1) is 20.8 Å². The van der Waals surface area contributed by atoms with Crippen molar-refractivity contribution >= 4 is 21.8 Å². The summed E-state index contributed by atoms with van der Waals surface area (Å²) in [4.78, 5) is 25.2.